The van der Waals surface area contributed by atoms with Gasteiger partial charge in [-0.25, -0.2) is 0 Å². The molecular weight excluding hydrogens is 154 g/mol. The number of carbonyl (C=O) groups is 1. The van der Waals surface area contributed by atoms with Gasteiger partial charge in [0.1, 0.15) is 0 Å². The number of carbonyl (C=O) groups excluding carboxylic acids is 1. The van der Waals surface area contributed by atoms with Gasteiger partial charge < -0.3 is 4.84 Å². The number of rotatable bonds is 3. The Morgan fingerprint density at radius 2 is 2.58 bits per heavy atom. The predicted molar refractivity (Wildman–Crippen MR) is 47.0 cm³/mol. The second-order valence-electron chi connectivity index (χ2n) is 2.71. The first-order chi connectivity index (χ1) is 5.77. The summed E-state index contributed by atoms with van der Waals surface area (Å²) in [5.41, 5.74) is 0.970. The molecule has 1 aliphatic rings. The molecule has 1 heterocycles. The van der Waals surface area contributed by atoms with Crippen molar-refractivity contribution in [3.05, 3.63) is 12.2 Å². The Bertz CT molecular complexity index is 231. The van der Waals surface area contributed by atoms with Crippen LogP contribution in [0.15, 0.2) is 17.3 Å². The third kappa shape index (κ3) is 1.94. The molecule has 0 aromatic rings. The van der Waals surface area contributed by atoms with E-state index in [0.717, 1.165) is 12.1 Å². The second kappa shape index (κ2) is 4.04. The fourth-order valence-electron chi connectivity index (χ4n) is 1.06. The van der Waals surface area contributed by atoms with Crippen molar-refractivity contribution in [1.29, 1.82) is 0 Å². The van der Waals surface area contributed by atoms with E-state index < -0.39 is 0 Å². The van der Waals surface area contributed by atoms with Crippen LogP contribution in [-0.2, 0) is 9.63 Å². The first kappa shape index (κ1) is 8.97. The molecule has 0 saturated carbocycles. The van der Waals surface area contributed by atoms with E-state index in [-0.39, 0.29) is 11.9 Å². The third-order valence-electron chi connectivity index (χ3n) is 1.79. The normalized spacial score (nSPS) is 22.5. The maximum Gasteiger partial charge on any atom is 0.199 e. The quantitative estimate of drug-likeness (QED) is 0.600. The number of oxime groups is 1. The average Bonchev–Trinajstić information content (AvgIpc) is 2.52. The van der Waals surface area contributed by atoms with Gasteiger partial charge in [-0.15, -0.1) is 0 Å². The maximum absolute atomic E-state index is 11.2. The molecule has 0 aromatic carbocycles. The van der Waals surface area contributed by atoms with Gasteiger partial charge in [-0.05, 0) is 19.4 Å². The standard InChI is InChI=1S/C9H13NO2/c1-3-5-8(11)9-6-7(4-2)10-12-9/h3,5,9H,4,6H2,1-2H3/b5-3+. The predicted octanol–water partition coefficient (Wildman–Crippen LogP) is 1.69. The molecule has 0 aromatic heterocycles. The molecule has 1 rings (SSSR count). The lowest BCUT2D eigenvalue weighted by molar-refractivity contribution is -0.124. The van der Waals surface area contributed by atoms with Gasteiger partial charge in [0.2, 0.25) is 0 Å². The van der Waals surface area contributed by atoms with Crippen molar-refractivity contribution in [2.24, 2.45) is 5.16 Å². The Morgan fingerprint density at radius 1 is 1.83 bits per heavy atom. The van der Waals surface area contributed by atoms with E-state index >= 15 is 0 Å². The van der Waals surface area contributed by atoms with Crippen LogP contribution in [0.25, 0.3) is 0 Å². The van der Waals surface area contributed by atoms with Gasteiger partial charge >= 0.3 is 0 Å². The van der Waals surface area contributed by atoms with Gasteiger partial charge in [0.25, 0.3) is 0 Å². The Hall–Kier alpha value is -1.12. The molecule has 0 aliphatic carbocycles. The number of allylic oxidation sites excluding steroid dienone is 1. The fourth-order valence-corrected chi connectivity index (χ4v) is 1.06. The molecule has 0 fully saturated rings. The summed E-state index contributed by atoms with van der Waals surface area (Å²) in [5.74, 6) is 0.00435. The zero-order valence-electron chi connectivity index (χ0n) is 7.41. The van der Waals surface area contributed by atoms with Gasteiger partial charge in [-0.1, -0.05) is 18.2 Å². The Kier molecular flexibility index (Phi) is 3.02. The summed E-state index contributed by atoms with van der Waals surface area (Å²) in [5, 5.41) is 3.80. The fraction of sp³-hybridized carbons (Fsp3) is 0.556. The number of hydrogen-bond acceptors (Lipinski definition) is 3. The summed E-state index contributed by atoms with van der Waals surface area (Å²) in [6.07, 6.45) is 4.39. The van der Waals surface area contributed by atoms with Crippen LogP contribution in [-0.4, -0.2) is 17.6 Å². The number of ketones is 1. The highest BCUT2D eigenvalue weighted by Gasteiger charge is 2.24. The van der Waals surface area contributed by atoms with E-state index in [0.29, 0.717) is 6.42 Å². The minimum absolute atomic E-state index is 0.00435. The molecule has 1 unspecified atom stereocenters. The average molecular weight is 167 g/mol. The largest absolute Gasteiger partial charge is 0.384 e. The molecule has 66 valence electrons. The molecule has 1 atom stereocenters. The van der Waals surface area contributed by atoms with Crippen molar-refractivity contribution in [2.75, 3.05) is 0 Å². The molecule has 3 heteroatoms. The van der Waals surface area contributed by atoms with Crippen LogP contribution in [0.5, 0.6) is 0 Å². The number of nitrogens with zero attached hydrogens (tertiary/aromatic N) is 1. The lowest BCUT2D eigenvalue weighted by Crippen LogP contribution is -2.18. The molecule has 0 spiro atoms. The maximum atomic E-state index is 11.2. The van der Waals surface area contributed by atoms with Crippen molar-refractivity contribution >= 4 is 11.5 Å². The van der Waals surface area contributed by atoms with Crippen molar-refractivity contribution in [1.82, 2.24) is 0 Å². The Morgan fingerprint density at radius 3 is 3.08 bits per heavy atom. The van der Waals surface area contributed by atoms with E-state index in [9.17, 15) is 4.79 Å². The molecule has 0 saturated heterocycles. The molecule has 3 nitrogen and oxygen atoms in total. The zero-order valence-corrected chi connectivity index (χ0v) is 7.41. The molecular formula is C9H13NO2. The van der Waals surface area contributed by atoms with Crippen LogP contribution in [0.1, 0.15) is 26.7 Å². The summed E-state index contributed by atoms with van der Waals surface area (Å²) >= 11 is 0. The van der Waals surface area contributed by atoms with Gasteiger partial charge in [0.15, 0.2) is 11.9 Å². The van der Waals surface area contributed by atoms with Crippen LogP contribution in [0.2, 0.25) is 0 Å². The highest BCUT2D eigenvalue weighted by molar-refractivity contribution is 5.98. The lowest BCUT2D eigenvalue weighted by Gasteiger charge is -2.01. The van der Waals surface area contributed by atoms with E-state index in [4.69, 9.17) is 4.84 Å². The molecule has 0 radical (unpaired) electrons. The van der Waals surface area contributed by atoms with Crippen LogP contribution >= 0.6 is 0 Å². The highest BCUT2D eigenvalue weighted by Crippen LogP contribution is 2.13. The van der Waals surface area contributed by atoms with Crippen LogP contribution < -0.4 is 0 Å². The van der Waals surface area contributed by atoms with E-state index in [1.54, 1.807) is 6.08 Å². The first-order valence-electron chi connectivity index (χ1n) is 4.16. The summed E-state index contributed by atoms with van der Waals surface area (Å²) in [6, 6.07) is 0. The van der Waals surface area contributed by atoms with Crippen LogP contribution in [0, 0.1) is 0 Å². The molecule has 0 bridgehead atoms. The summed E-state index contributed by atoms with van der Waals surface area (Å²) < 4.78 is 0. The van der Waals surface area contributed by atoms with E-state index in [1.807, 2.05) is 13.8 Å². The number of hydrogen-bond donors (Lipinski definition) is 0. The molecule has 0 N–H and O–H groups in total. The van der Waals surface area contributed by atoms with Gasteiger partial charge in [-0.2, -0.15) is 0 Å². The Balaban J connectivity index is 2.45. The third-order valence-corrected chi connectivity index (χ3v) is 1.79. The van der Waals surface area contributed by atoms with Crippen molar-refractivity contribution in [2.45, 2.75) is 32.8 Å². The monoisotopic (exact) mass is 167 g/mol. The summed E-state index contributed by atoms with van der Waals surface area (Å²) in [6.45, 7) is 3.82. The smallest absolute Gasteiger partial charge is 0.199 e. The Labute approximate surface area is 72.1 Å². The van der Waals surface area contributed by atoms with Gasteiger partial charge in [0, 0.05) is 6.42 Å². The molecule has 0 amide bonds. The van der Waals surface area contributed by atoms with Crippen molar-refractivity contribution < 1.29 is 9.63 Å². The minimum Gasteiger partial charge on any atom is -0.384 e. The SMILES string of the molecule is C/C=C/C(=O)C1CC(CC)=NO1. The van der Waals surface area contributed by atoms with Gasteiger partial charge in [0.05, 0.1) is 5.71 Å². The summed E-state index contributed by atoms with van der Waals surface area (Å²) in [7, 11) is 0. The topological polar surface area (TPSA) is 38.7 Å². The summed E-state index contributed by atoms with van der Waals surface area (Å²) in [4.78, 5) is 16.2. The van der Waals surface area contributed by atoms with E-state index in [1.165, 1.54) is 6.08 Å². The zero-order chi connectivity index (χ0) is 8.97. The van der Waals surface area contributed by atoms with Gasteiger partial charge in [-0.3, -0.25) is 4.79 Å². The lowest BCUT2D eigenvalue weighted by atomic mass is 10.1. The van der Waals surface area contributed by atoms with Crippen molar-refractivity contribution in [3.63, 3.8) is 0 Å². The van der Waals surface area contributed by atoms with Crippen LogP contribution in [0.3, 0.4) is 0 Å². The first-order valence-corrected chi connectivity index (χ1v) is 4.16. The molecule has 1 aliphatic heterocycles. The minimum atomic E-state index is -0.365. The van der Waals surface area contributed by atoms with Crippen LogP contribution in [0.4, 0.5) is 0 Å². The molecule has 12 heavy (non-hydrogen) atoms. The second-order valence-corrected chi connectivity index (χ2v) is 2.71. The highest BCUT2D eigenvalue weighted by atomic mass is 16.6. The van der Waals surface area contributed by atoms with E-state index in [2.05, 4.69) is 5.16 Å². The van der Waals surface area contributed by atoms with Crippen molar-refractivity contribution in [3.8, 4) is 0 Å².